The molecule has 0 heterocycles. The van der Waals surface area contributed by atoms with E-state index in [1.54, 1.807) is 6.07 Å². The standard InChI is InChI=1S/C16H22F3N/c1-15(8-3-2-4-9-15)14(20)11-12-6-5-7-13(10-12)16(17,18)19/h5-7,10,14H,2-4,8-9,11,20H2,1H3. The Bertz CT molecular complexity index is 447. The second-order valence-electron chi connectivity index (χ2n) is 6.22. The van der Waals surface area contributed by atoms with E-state index in [9.17, 15) is 13.2 Å². The fourth-order valence-electron chi connectivity index (χ4n) is 3.11. The topological polar surface area (TPSA) is 26.0 Å². The molecule has 112 valence electrons. The molecule has 2 rings (SSSR count). The number of rotatable bonds is 3. The van der Waals surface area contributed by atoms with Crippen LogP contribution < -0.4 is 5.73 Å². The van der Waals surface area contributed by atoms with Crippen molar-refractivity contribution >= 4 is 0 Å². The number of hydrogen-bond acceptors (Lipinski definition) is 1. The Balaban J connectivity index is 2.09. The normalized spacial score (nSPS) is 20.6. The maximum absolute atomic E-state index is 12.7. The van der Waals surface area contributed by atoms with E-state index in [0.29, 0.717) is 12.0 Å². The lowest BCUT2D eigenvalue weighted by Gasteiger charge is -2.39. The minimum Gasteiger partial charge on any atom is -0.327 e. The highest BCUT2D eigenvalue weighted by Crippen LogP contribution is 2.39. The van der Waals surface area contributed by atoms with E-state index in [0.717, 1.165) is 18.9 Å². The maximum Gasteiger partial charge on any atom is 0.416 e. The summed E-state index contributed by atoms with van der Waals surface area (Å²) < 4.78 is 38.1. The van der Waals surface area contributed by atoms with Gasteiger partial charge < -0.3 is 5.73 Å². The van der Waals surface area contributed by atoms with Gasteiger partial charge in [-0.1, -0.05) is 44.4 Å². The molecule has 1 aromatic rings. The summed E-state index contributed by atoms with van der Waals surface area (Å²) in [6.07, 6.45) is 1.97. The zero-order chi connectivity index (χ0) is 14.8. The van der Waals surface area contributed by atoms with Gasteiger partial charge in [0.1, 0.15) is 0 Å². The van der Waals surface area contributed by atoms with Crippen LogP contribution in [-0.4, -0.2) is 6.04 Å². The van der Waals surface area contributed by atoms with Gasteiger partial charge in [-0.3, -0.25) is 0 Å². The number of nitrogens with two attached hydrogens (primary N) is 1. The zero-order valence-electron chi connectivity index (χ0n) is 11.8. The first-order valence-corrected chi connectivity index (χ1v) is 7.23. The summed E-state index contributed by atoms with van der Waals surface area (Å²) in [5, 5.41) is 0. The van der Waals surface area contributed by atoms with Gasteiger partial charge in [0.2, 0.25) is 0 Å². The van der Waals surface area contributed by atoms with E-state index in [1.807, 2.05) is 0 Å². The quantitative estimate of drug-likeness (QED) is 0.866. The molecule has 1 aliphatic rings. The van der Waals surface area contributed by atoms with E-state index < -0.39 is 11.7 Å². The highest BCUT2D eigenvalue weighted by molar-refractivity contribution is 5.26. The second kappa shape index (κ2) is 5.76. The van der Waals surface area contributed by atoms with Gasteiger partial charge in [-0.25, -0.2) is 0 Å². The minimum absolute atomic E-state index is 0.0620. The van der Waals surface area contributed by atoms with Crippen LogP contribution in [0.4, 0.5) is 13.2 Å². The Morgan fingerprint density at radius 2 is 1.85 bits per heavy atom. The molecule has 0 spiro atoms. The lowest BCUT2D eigenvalue weighted by Crippen LogP contribution is -2.42. The summed E-state index contributed by atoms with van der Waals surface area (Å²) in [6, 6.07) is 5.46. The average molecular weight is 285 g/mol. The molecule has 1 saturated carbocycles. The van der Waals surface area contributed by atoms with Crippen molar-refractivity contribution in [1.82, 2.24) is 0 Å². The van der Waals surface area contributed by atoms with E-state index in [4.69, 9.17) is 5.73 Å². The van der Waals surface area contributed by atoms with Crippen LogP contribution in [0.1, 0.15) is 50.2 Å². The second-order valence-corrected chi connectivity index (χ2v) is 6.22. The summed E-state index contributed by atoms with van der Waals surface area (Å²) in [5.41, 5.74) is 6.45. The molecular formula is C16H22F3N. The van der Waals surface area contributed by atoms with Crippen molar-refractivity contribution in [2.45, 2.75) is 57.7 Å². The van der Waals surface area contributed by atoms with E-state index in [2.05, 4.69) is 6.92 Å². The molecule has 0 saturated heterocycles. The largest absolute Gasteiger partial charge is 0.416 e. The van der Waals surface area contributed by atoms with Crippen molar-refractivity contribution in [1.29, 1.82) is 0 Å². The van der Waals surface area contributed by atoms with Gasteiger partial charge in [0, 0.05) is 6.04 Å². The number of halogens is 3. The summed E-state index contributed by atoms with van der Waals surface area (Å²) >= 11 is 0. The van der Waals surface area contributed by atoms with Crippen LogP contribution in [0.25, 0.3) is 0 Å². The van der Waals surface area contributed by atoms with Gasteiger partial charge in [-0.05, 0) is 36.3 Å². The number of benzene rings is 1. The molecule has 0 aromatic heterocycles. The zero-order valence-corrected chi connectivity index (χ0v) is 11.8. The van der Waals surface area contributed by atoms with Gasteiger partial charge >= 0.3 is 6.18 Å². The van der Waals surface area contributed by atoms with Crippen LogP contribution in [0.3, 0.4) is 0 Å². The minimum atomic E-state index is -4.28. The molecule has 1 atom stereocenters. The van der Waals surface area contributed by atoms with E-state index in [-0.39, 0.29) is 11.5 Å². The average Bonchev–Trinajstić information content (AvgIpc) is 2.39. The molecule has 1 nitrogen and oxygen atoms in total. The third kappa shape index (κ3) is 3.54. The molecule has 0 bridgehead atoms. The fourth-order valence-corrected chi connectivity index (χ4v) is 3.11. The monoisotopic (exact) mass is 285 g/mol. The summed E-state index contributed by atoms with van der Waals surface area (Å²) in [7, 11) is 0. The number of hydrogen-bond donors (Lipinski definition) is 1. The van der Waals surface area contributed by atoms with Crippen molar-refractivity contribution in [3.05, 3.63) is 35.4 Å². The molecule has 0 amide bonds. The van der Waals surface area contributed by atoms with Crippen molar-refractivity contribution in [2.24, 2.45) is 11.1 Å². The highest BCUT2D eigenvalue weighted by atomic mass is 19.4. The first kappa shape index (κ1) is 15.4. The molecule has 0 radical (unpaired) electrons. The summed E-state index contributed by atoms with van der Waals surface area (Å²) in [6.45, 7) is 2.17. The van der Waals surface area contributed by atoms with Crippen LogP contribution in [-0.2, 0) is 12.6 Å². The molecule has 1 fully saturated rings. The first-order valence-electron chi connectivity index (χ1n) is 7.23. The Kier molecular flexibility index (Phi) is 4.43. The van der Waals surface area contributed by atoms with Crippen molar-refractivity contribution in [3.8, 4) is 0 Å². The van der Waals surface area contributed by atoms with Crippen molar-refractivity contribution in [2.75, 3.05) is 0 Å². The summed E-state index contributed by atoms with van der Waals surface area (Å²) in [5.74, 6) is 0. The van der Waals surface area contributed by atoms with Crippen LogP contribution in [0.15, 0.2) is 24.3 Å². The van der Waals surface area contributed by atoms with E-state index in [1.165, 1.54) is 31.4 Å². The molecule has 1 unspecified atom stereocenters. The lowest BCUT2D eigenvalue weighted by atomic mass is 9.69. The van der Waals surface area contributed by atoms with Gasteiger partial charge in [0.15, 0.2) is 0 Å². The molecule has 4 heteroatoms. The van der Waals surface area contributed by atoms with E-state index >= 15 is 0 Å². The molecule has 0 aliphatic heterocycles. The highest BCUT2D eigenvalue weighted by Gasteiger charge is 2.34. The predicted molar refractivity (Wildman–Crippen MR) is 74.3 cm³/mol. The van der Waals surface area contributed by atoms with Gasteiger partial charge in [0.05, 0.1) is 5.56 Å². The third-order valence-electron chi connectivity index (χ3n) is 4.60. The Morgan fingerprint density at radius 3 is 2.45 bits per heavy atom. The predicted octanol–water partition coefficient (Wildman–Crippen LogP) is 4.55. The van der Waals surface area contributed by atoms with Crippen molar-refractivity contribution in [3.63, 3.8) is 0 Å². The van der Waals surface area contributed by atoms with Gasteiger partial charge in [0.25, 0.3) is 0 Å². The maximum atomic E-state index is 12.7. The molecular weight excluding hydrogens is 263 g/mol. The van der Waals surface area contributed by atoms with Gasteiger partial charge in [-0.2, -0.15) is 13.2 Å². The van der Waals surface area contributed by atoms with Crippen LogP contribution in [0.5, 0.6) is 0 Å². The van der Waals surface area contributed by atoms with Crippen LogP contribution in [0.2, 0.25) is 0 Å². The van der Waals surface area contributed by atoms with Gasteiger partial charge in [-0.15, -0.1) is 0 Å². The Labute approximate surface area is 118 Å². The molecule has 1 aromatic carbocycles. The first-order chi connectivity index (χ1) is 9.31. The molecule has 20 heavy (non-hydrogen) atoms. The Hall–Kier alpha value is -1.03. The summed E-state index contributed by atoms with van der Waals surface area (Å²) in [4.78, 5) is 0. The van der Waals surface area contributed by atoms with Crippen LogP contribution >= 0.6 is 0 Å². The lowest BCUT2D eigenvalue weighted by molar-refractivity contribution is -0.137. The third-order valence-corrected chi connectivity index (χ3v) is 4.60. The van der Waals surface area contributed by atoms with Crippen molar-refractivity contribution < 1.29 is 13.2 Å². The molecule has 2 N–H and O–H groups in total. The molecule has 1 aliphatic carbocycles. The number of alkyl halides is 3. The smallest absolute Gasteiger partial charge is 0.327 e. The van der Waals surface area contributed by atoms with Crippen LogP contribution in [0, 0.1) is 5.41 Å². The fraction of sp³-hybridized carbons (Fsp3) is 0.625. The Morgan fingerprint density at radius 1 is 1.20 bits per heavy atom. The SMILES string of the molecule is CC1(C(N)Cc2cccc(C(F)(F)F)c2)CCCCC1.